The van der Waals surface area contributed by atoms with Gasteiger partial charge in [-0.05, 0) is 49.2 Å². The van der Waals surface area contributed by atoms with Gasteiger partial charge >= 0.3 is 0 Å². The molecule has 24 heavy (non-hydrogen) atoms. The summed E-state index contributed by atoms with van der Waals surface area (Å²) in [6.07, 6.45) is 0.551. The number of fused-ring (bicyclic) bond motifs is 1. The van der Waals surface area contributed by atoms with Crippen molar-refractivity contribution >= 4 is 44.1 Å². The molecule has 126 valence electrons. The van der Waals surface area contributed by atoms with Gasteiger partial charge < -0.3 is 4.98 Å². The third-order valence-corrected chi connectivity index (χ3v) is 6.07. The molecule has 1 aromatic heterocycles. The maximum absolute atomic E-state index is 12.4. The number of H-pyrrole nitrogens is 1. The van der Waals surface area contributed by atoms with Crippen LogP contribution in [0.5, 0.6) is 0 Å². The number of rotatable bonds is 5. The lowest BCUT2D eigenvalue weighted by Gasteiger charge is -2.08. The maximum Gasteiger partial charge on any atom is 0.242 e. The number of hydrogen-bond acceptors (Lipinski definition) is 2. The van der Waals surface area contributed by atoms with Gasteiger partial charge in [-0.2, -0.15) is 0 Å². The fourth-order valence-electron chi connectivity index (χ4n) is 2.73. The molecule has 0 amide bonds. The van der Waals surface area contributed by atoms with Gasteiger partial charge in [0.2, 0.25) is 10.0 Å². The number of aromatic nitrogens is 1. The third kappa shape index (κ3) is 3.44. The standard InChI is InChI=1S/C17H16Cl2N2O2S/c1-11-13(14-10-12(18)6-7-16(14)21-11)8-9-20-24(22,23)17-5-3-2-4-15(17)19/h2-7,10,20-21H,8-9H2,1H3. The Morgan fingerprint density at radius 2 is 1.88 bits per heavy atom. The number of benzene rings is 2. The second-order valence-electron chi connectivity index (χ2n) is 5.50. The monoisotopic (exact) mass is 382 g/mol. The summed E-state index contributed by atoms with van der Waals surface area (Å²) in [5.41, 5.74) is 3.04. The second-order valence-corrected chi connectivity index (χ2v) is 8.08. The lowest BCUT2D eigenvalue weighted by molar-refractivity contribution is 0.581. The first-order chi connectivity index (χ1) is 11.4. The molecule has 0 fully saturated rings. The second kappa shape index (κ2) is 6.76. The Bertz CT molecular complexity index is 997. The zero-order valence-electron chi connectivity index (χ0n) is 12.9. The van der Waals surface area contributed by atoms with Crippen molar-refractivity contribution in [1.82, 2.24) is 9.71 Å². The number of aromatic amines is 1. The van der Waals surface area contributed by atoms with E-state index in [9.17, 15) is 8.42 Å². The van der Waals surface area contributed by atoms with Gasteiger partial charge in [0.05, 0.1) is 5.02 Å². The zero-order chi connectivity index (χ0) is 17.3. The Balaban J connectivity index is 1.79. The summed E-state index contributed by atoms with van der Waals surface area (Å²) in [7, 11) is -3.64. The lowest BCUT2D eigenvalue weighted by Crippen LogP contribution is -2.26. The maximum atomic E-state index is 12.4. The Kier molecular flexibility index (Phi) is 4.88. The first-order valence-electron chi connectivity index (χ1n) is 7.39. The zero-order valence-corrected chi connectivity index (χ0v) is 15.3. The average molecular weight is 383 g/mol. The summed E-state index contributed by atoms with van der Waals surface area (Å²) < 4.78 is 27.3. The quantitative estimate of drug-likeness (QED) is 0.690. The first kappa shape index (κ1) is 17.3. The summed E-state index contributed by atoms with van der Waals surface area (Å²) in [6.45, 7) is 2.24. The summed E-state index contributed by atoms with van der Waals surface area (Å²) in [5, 5.41) is 1.87. The van der Waals surface area contributed by atoms with E-state index in [0.29, 0.717) is 11.4 Å². The molecule has 0 aliphatic heterocycles. The van der Waals surface area contributed by atoms with Crippen molar-refractivity contribution in [3.05, 3.63) is 63.8 Å². The van der Waals surface area contributed by atoms with Crippen LogP contribution >= 0.6 is 23.2 Å². The number of sulfonamides is 1. The highest BCUT2D eigenvalue weighted by molar-refractivity contribution is 7.89. The molecule has 0 unspecified atom stereocenters. The van der Waals surface area contributed by atoms with Crippen molar-refractivity contribution in [2.24, 2.45) is 0 Å². The molecule has 0 spiro atoms. The van der Waals surface area contributed by atoms with Gasteiger partial charge in [-0.1, -0.05) is 35.3 Å². The minimum Gasteiger partial charge on any atom is -0.358 e. The van der Waals surface area contributed by atoms with Crippen LogP contribution in [0.2, 0.25) is 10.0 Å². The molecule has 0 bridgehead atoms. The van der Waals surface area contributed by atoms with E-state index in [0.717, 1.165) is 22.2 Å². The van der Waals surface area contributed by atoms with Gasteiger partial charge in [0.1, 0.15) is 4.90 Å². The molecule has 2 N–H and O–H groups in total. The normalized spacial score (nSPS) is 12.0. The lowest BCUT2D eigenvalue weighted by atomic mass is 10.1. The summed E-state index contributed by atoms with van der Waals surface area (Å²) in [4.78, 5) is 3.37. The van der Waals surface area contributed by atoms with Gasteiger partial charge in [-0.15, -0.1) is 0 Å². The molecule has 0 atom stereocenters. The van der Waals surface area contributed by atoms with Crippen molar-refractivity contribution in [3.8, 4) is 0 Å². The van der Waals surface area contributed by atoms with E-state index in [-0.39, 0.29) is 16.5 Å². The topological polar surface area (TPSA) is 62.0 Å². The number of nitrogens with one attached hydrogen (secondary N) is 2. The van der Waals surface area contributed by atoms with Crippen molar-refractivity contribution in [3.63, 3.8) is 0 Å². The predicted octanol–water partition coefficient (Wildman–Crippen LogP) is 4.30. The van der Waals surface area contributed by atoms with Crippen LogP contribution in [0, 0.1) is 6.92 Å². The molecular formula is C17H16Cl2N2O2S. The van der Waals surface area contributed by atoms with E-state index in [1.165, 1.54) is 6.07 Å². The highest BCUT2D eigenvalue weighted by atomic mass is 35.5. The smallest absolute Gasteiger partial charge is 0.242 e. The molecule has 1 heterocycles. The SMILES string of the molecule is Cc1[nH]c2ccc(Cl)cc2c1CCNS(=O)(=O)c1ccccc1Cl. The highest BCUT2D eigenvalue weighted by Crippen LogP contribution is 2.26. The summed E-state index contributed by atoms with van der Waals surface area (Å²) in [6, 6.07) is 12.0. The largest absolute Gasteiger partial charge is 0.358 e. The fourth-order valence-corrected chi connectivity index (χ4v) is 4.45. The highest BCUT2D eigenvalue weighted by Gasteiger charge is 2.17. The van der Waals surface area contributed by atoms with Gasteiger partial charge in [0, 0.05) is 28.2 Å². The molecule has 0 radical (unpaired) electrons. The minimum absolute atomic E-state index is 0.0883. The van der Waals surface area contributed by atoms with E-state index in [1.807, 2.05) is 25.1 Å². The van der Waals surface area contributed by atoms with Crippen molar-refractivity contribution in [1.29, 1.82) is 0 Å². The molecule has 2 aromatic carbocycles. The van der Waals surface area contributed by atoms with E-state index in [2.05, 4.69) is 9.71 Å². The molecule has 3 aromatic rings. The van der Waals surface area contributed by atoms with Gasteiger partial charge in [-0.25, -0.2) is 13.1 Å². The number of hydrogen-bond donors (Lipinski definition) is 2. The molecule has 0 saturated carbocycles. The van der Waals surface area contributed by atoms with E-state index < -0.39 is 10.0 Å². The Hall–Kier alpha value is -1.53. The first-order valence-corrected chi connectivity index (χ1v) is 9.63. The molecule has 7 heteroatoms. The molecule has 3 rings (SSSR count). The average Bonchev–Trinajstić information content (AvgIpc) is 2.83. The van der Waals surface area contributed by atoms with Crippen LogP contribution in [-0.2, 0) is 16.4 Å². The van der Waals surface area contributed by atoms with Crippen LogP contribution in [-0.4, -0.2) is 19.9 Å². The number of halogens is 2. The fraction of sp³-hybridized carbons (Fsp3) is 0.176. The van der Waals surface area contributed by atoms with Crippen LogP contribution in [0.1, 0.15) is 11.3 Å². The Morgan fingerprint density at radius 1 is 1.12 bits per heavy atom. The van der Waals surface area contributed by atoms with Crippen LogP contribution in [0.4, 0.5) is 0 Å². The minimum atomic E-state index is -3.64. The number of aryl methyl sites for hydroxylation is 1. The summed E-state index contributed by atoms with van der Waals surface area (Å²) >= 11 is 12.0. The van der Waals surface area contributed by atoms with Crippen molar-refractivity contribution in [2.75, 3.05) is 6.54 Å². The van der Waals surface area contributed by atoms with E-state index in [4.69, 9.17) is 23.2 Å². The molecule has 0 saturated heterocycles. The van der Waals surface area contributed by atoms with Crippen LogP contribution in [0.15, 0.2) is 47.4 Å². The van der Waals surface area contributed by atoms with E-state index >= 15 is 0 Å². The Labute approximate surface area is 150 Å². The van der Waals surface area contributed by atoms with Crippen molar-refractivity contribution < 1.29 is 8.42 Å². The summed E-state index contributed by atoms with van der Waals surface area (Å²) in [5.74, 6) is 0. The molecule has 4 nitrogen and oxygen atoms in total. The van der Waals surface area contributed by atoms with Crippen LogP contribution in [0.25, 0.3) is 10.9 Å². The van der Waals surface area contributed by atoms with Crippen LogP contribution in [0.3, 0.4) is 0 Å². The van der Waals surface area contributed by atoms with Gasteiger partial charge in [-0.3, -0.25) is 0 Å². The van der Waals surface area contributed by atoms with Crippen LogP contribution < -0.4 is 4.72 Å². The molecule has 0 aliphatic carbocycles. The third-order valence-electron chi connectivity index (χ3n) is 3.87. The van der Waals surface area contributed by atoms with Gasteiger partial charge in [0.25, 0.3) is 0 Å². The predicted molar refractivity (Wildman–Crippen MR) is 98.4 cm³/mol. The molecule has 0 aliphatic rings. The molecular weight excluding hydrogens is 367 g/mol. The Morgan fingerprint density at radius 3 is 2.62 bits per heavy atom. The van der Waals surface area contributed by atoms with E-state index in [1.54, 1.807) is 18.2 Å². The van der Waals surface area contributed by atoms with Gasteiger partial charge in [0.15, 0.2) is 0 Å². The van der Waals surface area contributed by atoms with Crippen molar-refractivity contribution in [2.45, 2.75) is 18.2 Å².